The molecule has 8 heteroatoms. The summed E-state index contributed by atoms with van der Waals surface area (Å²) in [6, 6.07) is 11.5. The van der Waals surface area contributed by atoms with Crippen molar-refractivity contribution in [3.8, 4) is 11.3 Å². The van der Waals surface area contributed by atoms with Crippen molar-refractivity contribution < 1.29 is 9.32 Å². The highest BCUT2D eigenvalue weighted by atomic mass is 32.1. The summed E-state index contributed by atoms with van der Waals surface area (Å²) in [4.78, 5) is 17.8. The summed E-state index contributed by atoms with van der Waals surface area (Å²) in [7, 11) is 0. The largest absolute Gasteiger partial charge is 0.335 e. The lowest BCUT2D eigenvalue weighted by atomic mass is 10.0. The van der Waals surface area contributed by atoms with Gasteiger partial charge in [0.2, 0.25) is 5.13 Å². The van der Waals surface area contributed by atoms with Gasteiger partial charge in [-0.05, 0) is 18.9 Å². The van der Waals surface area contributed by atoms with Crippen LogP contribution in [0.2, 0.25) is 0 Å². The van der Waals surface area contributed by atoms with E-state index in [1.807, 2.05) is 50.2 Å². The van der Waals surface area contributed by atoms with Crippen LogP contribution < -0.4 is 5.32 Å². The fourth-order valence-corrected chi connectivity index (χ4v) is 3.95. The Bertz CT molecular complexity index is 1190. The van der Waals surface area contributed by atoms with Crippen LogP contribution in [0.1, 0.15) is 59.6 Å². The highest BCUT2D eigenvalue weighted by molar-refractivity contribution is 7.15. The summed E-state index contributed by atoms with van der Waals surface area (Å²) >= 11 is 1.39. The Morgan fingerprint density at radius 3 is 2.69 bits per heavy atom. The van der Waals surface area contributed by atoms with Crippen LogP contribution in [-0.4, -0.2) is 26.2 Å². The minimum atomic E-state index is -0.258. The zero-order valence-electron chi connectivity index (χ0n) is 16.0. The first-order valence-electron chi connectivity index (χ1n) is 9.60. The number of amides is 1. The molecule has 5 rings (SSSR count). The van der Waals surface area contributed by atoms with Gasteiger partial charge in [0.1, 0.15) is 10.7 Å². The first-order chi connectivity index (χ1) is 14.1. The van der Waals surface area contributed by atoms with Gasteiger partial charge in [-0.1, -0.05) is 60.7 Å². The van der Waals surface area contributed by atoms with Crippen molar-refractivity contribution in [1.82, 2.24) is 20.3 Å². The minimum absolute atomic E-state index is 0.258. The number of carbonyl (C=O) groups excluding carboxylic acids is 1. The first-order valence-corrected chi connectivity index (χ1v) is 10.4. The average molecular weight is 405 g/mol. The number of aromatic nitrogens is 4. The van der Waals surface area contributed by atoms with E-state index in [-0.39, 0.29) is 11.8 Å². The van der Waals surface area contributed by atoms with Crippen molar-refractivity contribution in [2.75, 3.05) is 5.32 Å². The van der Waals surface area contributed by atoms with Gasteiger partial charge < -0.3 is 4.52 Å². The normalized spacial score (nSPS) is 13.9. The number of pyridine rings is 1. The van der Waals surface area contributed by atoms with E-state index in [0.717, 1.165) is 29.1 Å². The number of carbonyl (C=O) groups is 1. The molecular formula is C21H19N5O2S. The fourth-order valence-electron chi connectivity index (χ4n) is 3.21. The molecule has 0 spiro atoms. The van der Waals surface area contributed by atoms with Crippen LogP contribution in [0.3, 0.4) is 0 Å². The van der Waals surface area contributed by atoms with Crippen LogP contribution in [0.25, 0.3) is 22.4 Å². The zero-order chi connectivity index (χ0) is 20.0. The van der Waals surface area contributed by atoms with E-state index in [4.69, 9.17) is 4.52 Å². The molecule has 1 fully saturated rings. The second-order valence-corrected chi connectivity index (χ2v) is 8.51. The molecule has 3 aromatic heterocycles. The van der Waals surface area contributed by atoms with E-state index in [1.54, 1.807) is 0 Å². The molecule has 146 valence electrons. The molecule has 1 aliphatic carbocycles. The molecule has 3 heterocycles. The van der Waals surface area contributed by atoms with Gasteiger partial charge in [-0.3, -0.25) is 10.1 Å². The second kappa shape index (κ2) is 7.04. The maximum Gasteiger partial charge on any atom is 0.259 e. The van der Waals surface area contributed by atoms with Crippen LogP contribution in [0.15, 0.2) is 40.9 Å². The van der Waals surface area contributed by atoms with Crippen molar-refractivity contribution in [3.05, 3.63) is 52.7 Å². The van der Waals surface area contributed by atoms with E-state index in [0.29, 0.717) is 33.4 Å². The third kappa shape index (κ3) is 3.40. The van der Waals surface area contributed by atoms with E-state index in [9.17, 15) is 4.79 Å². The number of fused-ring (bicyclic) bond motifs is 1. The van der Waals surface area contributed by atoms with Gasteiger partial charge in [0.25, 0.3) is 11.6 Å². The molecule has 1 aliphatic rings. The van der Waals surface area contributed by atoms with Crippen LogP contribution in [0, 0.1) is 0 Å². The molecule has 1 N–H and O–H groups in total. The molecule has 0 radical (unpaired) electrons. The molecule has 0 saturated heterocycles. The van der Waals surface area contributed by atoms with Gasteiger partial charge in [0.05, 0.1) is 10.9 Å². The maximum atomic E-state index is 13.2. The summed E-state index contributed by atoms with van der Waals surface area (Å²) in [5, 5.41) is 17.3. The number of nitrogens with zero attached hydrogens (tertiary/aromatic N) is 4. The van der Waals surface area contributed by atoms with E-state index >= 15 is 0 Å². The Balaban J connectivity index is 1.60. The monoisotopic (exact) mass is 405 g/mol. The molecule has 1 aromatic carbocycles. The number of hydrogen-bond acceptors (Lipinski definition) is 7. The molecule has 1 saturated carbocycles. The Kier molecular flexibility index (Phi) is 4.35. The van der Waals surface area contributed by atoms with Gasteiger partial charge in [-0.15, -0.1) is 10.2 Å². The van der Waals surface area contributed by atoms with Gasteiger partial charge in [0.15, 0.2) is 0 Å². The highest BCUT2D eigenvalue weighted by Gasteiger charge is 2.29. The zero-order valence-corrected chi connectivity index (χ0v) is 16.9. The summed E-state index contributed by atoms with van der Waals surface area (Å²) in [6.45, 7) is 4.09. The van der Waals surface area contributed by atoms with Crippen LogP contribution in [-0.2, 0) is 0 Å². The molecule has 29 heavy (non-hydrogen) atoms. The van der Waals surface area contributed by atoms with Crippen molar-refractivity contribution in [1.29, 1.82) is 0 Å². The van der Waals surface area contributed by atoms with Crippen molar-refractivity contribution in [3.63, 3.8) is 0 Å². The number of anilines is 1. The lowest BCUT2D eigenvalue weighted by Crippen LogP contribution is -2.13. The van der Waals surface area contributed by atoms with Crippen LogP contribution in [0.4, 0.5) is 5.13 Å². The van der Waals surface area contributed by atoms with Gasteiger partial charge in [-0.25, -0.2) is 4.98 Å². The molecular weight excluding hydrogens is 386 g/mol. The van der Waals surface area contributed by atoms with Crippen molar-refractivity contribution in [2.24, 2.45) is 0 Å². The number of rotatable bonds is 5. The molecule has 0 bridgehead atoms. The fraction of sp³-hybridized carbons (Fsp3) is 0.286. The first kappa shape index (κ1) is 17.9. The summed E-state index contributed by atoms with van der Waals surface area (Å²) in [6.07, 6.45) is 2.15. The van der Waals surface area contributed by atoms with Crippen molar-refractivity contribution >= 4 is 33.5 Å². The van der Waals surface area contributed by atoms with Gasteiger partial charge >= 0.3 is 0 Å². The topological polar surface area (TPSA) is 93.8 Å². The van der Waals surface area contributed by atoms with Crippen LogP contribution in [0.5, 0.6) is 0 Å². The Morgan fingerprint density at radius 2 is 2.00 bits per heavy atom. The Labute approximate surface area is 171 Å². The number of benzene rings is 1. The molecule has 0 atom stereocenters. The van der Waals surface area contributed by atoms with E-state index < -0.39 is 0 Å². The Morgan fingerprint density at radius 1 is 1.21 bits per heavy atom. The van der Waals surface area contributed by atoms with Gasteiger partial charge in [0, 0.05) is 23.1 Å². The standard InChI is InChI=1S/C21H19N5O2S/c1-11(2)20-24-25-21(29-20)23-18(27)14-10-15(12-8-9-12)22-19-16(14)17(26-28-19)13-6-4-3-5-7-13/h3-7,10-12H,8-9H2,1-2H3,(H,23,25,27). The average Bonchev–Trinajstić information content (AvgIpc) is 3.32. The van der Waals surface area contributed by atoms with Crippen molar-refractivity contribution in [2.45, 2.75) is 38.5 Å². The summed E-state index contributed by atoms with van der Waals surface area (Å²) < 4.78 is 5.53. The quantitative estimate of drug-likeness (QED) is 0.502. The predicted octanol–water partition coefficient (Wildman–Crippen LogP) is 4.99. The maximum absolute atomic E-state index is 13.2. The highest BCUT2D eigenvalue weighted by Crippen LogP contribution is 2.41. The number of nitrogens with one attached hydrogen (secondary N) is 1. The molecule has 4 aromatic rings. The molecule has 7 nitrogen and oxygen atoms in total. The smallest absolute Gasteiger partial charge is 0.259 e. The Hall–Kier alpha value is -3.13. The van der Waals surface area contributed by atoms with Crippen LogP contribution >= 0.6 is 11.3 Å². The molecule has 0 aliphatic heterocycles. The lowest BCUT2D eigenvalue weighted by molar-refractivity contribution is 0.102. The predicted molar refractivity (Wildman–Crippen MR) is 111 cm³/mol. The lowest BCUT2D eigenvalue weighted by Gasteiger charge is -2.06. The minimum Gasteiger partial charge on any atom is -0.335 e. The van der Waals surface area contributed by atoms with E-state index in [2.05, 4.69) is 25.7 Å². The third-order valence-corrected chi connectivity index (χ3v) is 6.05. The van der Waals surface area contributed by atoms with E-state index in [1.165, 1.54) is 11.3 Å². The second-order valence-electron chi connectivity index (χ2n) is 7.50. The summed E-state index contributed by atoms with van der Waals surface area (Å²) in [5.41, 5.74) is 3.25. The summed E-state index contributed by atoms with van der Waals surface area (Å²) in [5.74, 6) is 0.381. The van der Waals surface area contributed by atoms with Gasteiger partial charge in [-0.2, -0.15) is 0 Å². The third-order valence-electron chi connectivity index (χ3n) is 4.91. The SMILES string of the molecule is CC(C)c1nnc(NC(=O)c2cc(C3CC3)nc3onc(-c4ccccc4)c23)s1. The molecule has 1 amide bonds. The molecule has 0 unspecified atom stereocenters. The number of hydrogen-bond donors (Lipinski definition) is 1.